The standard InChI is InChI=1S/C16H17ClO4/c1-10(18)11-4-5-16(15(17)6-11)21-14-8-12(19-2)7-13(9-14)20-3/h4-10,18H,1-3H3/t10-/m0/s1. The molecule has 112 valence electrons. The number of rotatable bonds is 5. The summed E-state index contributed by atoms with van der Waals surface area (Å²) >= 11 is 6.17. The topological polar surface area (TPSA) is 47.9 Å². The number of aliphatic hydroxyl groups excluding tert-OH is 1. The smallest absolute Gasteiger partial charge is 0.146 e. The first kappa shape index (κ1) is 15.5. The molecule has 0 radical (unpaired) electrons. The van der Waals surface area contributed by atoms with Crippen molar-refractivity contribution < 1.29 is 19.3 Å². The summed E-state index contributed by atoms with van der Waals surface area (Å²) in [5.74, 6) is 2.30. The Hall–Kier alpha value is -1.91. The lowest BCUT2D eigenvalue weighted by Crippen LogP contribution is -1.93. The maximum atomic E-state index is 9.53. The van der Waals surface area contributed by atoms with E-state index in [4.69, 9.17) is 25.8 Å². The number of hydrogen-bond donors (Lipinski definition) is 1. The summed E-state index contributed by atoms with van der Waals surface area (Å²) in [6, 6.07) is 10.4. The summed E-state index contributed by atoms with van der Waals surface area (Å²) in [6.07, 6.45) is -0.575. The summed E-state index contributed by atoms with van der Waals surface area (Å²) in [4.78, 5) is 0. The Morgan fingerprint density at radius 1 is 0.952 bits per heavy atom. The molecule has 1 N–H and O–H groups in total. The van der Waals surface area contributed by atoms with E-state index >= 15 is 0 Å². The largest absolute Gasteiger partial charge is 0.496 e. The second kappa shape index (κ2) is 6.70. The normalized spacial score (nSPS) is 11.9. The first-order chi connectivity index (χ1) is 10.0. The molecule has 0 aliphatic carbocycles. The van der Waals surface area contributed by atoms with Crippen LogP contribution in [0.15, 0.2) is 36.4 Å². The molecular formula is C16H17ClO4. The molecule has 2 rings (SSSR count). The minimum Gasteiger partial charge on any atom is -0.496 e. The molecule has 0 unspecified atom stereocenters. The van der Waals surface area contributed by atoms with E-state index in [0.717, 1.165) is 5.56 Å². The van der Waals surface area contributed by atoms with E-state index in [9.17, 15) is 5.11 Å². The Bertz CT molecular complexity index is 603. The lowest BCUT2D eigenvalue weighted by molar-refractivity contribution is 0.199. The summed E-state index contributed by atoms with van der Waals surface area (Å²) in [7, 11) is 3.14. The van der Waals surface area contributed by atoms with Crippen LogP contribution in [0, 0.1) is 0 Å². The van der Waals surface area contributed by atoms with Crippen molar-refractivity contribution >= 4 is 11.6 Å². The van der Waals surface area contributed by atoms with E-state index in [0.29, 0.717) is 28.0 Å². The van der Waals surface area contributed by atoms with E-state index in [1.807, 2.05) is 0 Å². The number of hydrogen-bond acceptors (Lipinski definition) is 4. The molecule has 1 atom stereocenters. The van der Waals surface area contributed by atoms with Crippen LogP contribution in [0.25, 0.3) is 0 Å². The molecular weight excluding hydrogens is 292 g/mol. The average molecular weight is 309 g/mol. The van der Waals surface area contributed by atoms with Crippen LogP contribution < -0.4 is 14.2 Å². The van der Waals surface area contributed by atoms with Gasteiger partial charge in [0.1, 0.15) is 23.0 Å². The van der Waals surface area contributed by atoms with Gasteiger partial charge in [-0.1, -0.05) is 17.7 Å². The maximum absolute atomic E-state index is 9.53. The third-order valence-corrected chi connectivity index (χ3v) is 3.29. The molecule has 0 saturated heterocycles. The van der Waals surface area contributed by atoms with Crippen molar-refractivity contribution in [1.82, 2.24) is 0 Å². The molecule has 0 fully saturated rings. The Morgan fingerprint density at radius 3 is 2.00 bits per heavy atom. The molecule has 2 aromatic carbocycles. The Kier molecular flexibility index (Phi) is 4.94. The van der Waals surface area contributed by atoms with Crippen LogP contribution in [0.5, 0.6) is 23.0 Å². The van der Waals surface area contributed by atoms with Gasteiger partial charge in [0.2, 0.25) is 0 Å². The predicted molar refractivity (Wildman–Crippen MR) is 81.7 cm³/mol. The van der Waals surface area contributed by atoms with Crippen LogP contribution in [0.2, 0.25) is 5.02 Å². The van der Waals surface area contributed by atoms with Crippen molar-refractivity contribution in [2.45, 2.75) is 13.0 Å². The molecule has 21 heavy (non-hydrogen) atoms. The van der Waals surface area contributed by atoms with Gasteiger partial charge in [0.15, 0.2) is 0 Å². The molecule has 2 aromatic rings. The molecule has 0 bridgehead atoms. The predicted octanol–water partition coefficient (Wildman–Crippen LogP) is 4.20. The maximum Gasteiger partial charge on any atom is 0.146 e. The van der Waals surface area contributed by atoms with Crippen molar-refractivity contribution in [3.63, 3.8) is 0 Å². The monoisotopic (exact) mass is 308 g/mol. The molecule has 0 aliphatic heterocycles. The quantitative estimate of drug-likeness (QED) is 0.899. The zero-order chi connectivity index (χ0) is 15.4. The van der Waals surface area contributed by atoms with Crippen LogP contribution in [0.1, 0.15) is 18.6 Å². The van der Waals surface area contributed by atoms with E-state index in [-0.39, 0.29) is 0 Å². The van der Waals surface area contributed by atoms with Gasteiger partial charge in [-0.25, -0.2) is 0 Å². The van der Waals surface area contributed by atoms with E-state index in [2.05, 4.69) is 0 Å². The number of benzene rings is 2. The summed E-state index contributed by atoms with van der Waals surface area (Å²) in [6.45, 7) is 1.68. The third-order valence-electron chi connectivity index (χ3n) is 2.99. The van der Waals surface area contributed by atoms with E-state index in [1.165, 1.54) is 0 Å². The second-order valence-corrected chi connectivity index (χ2v) is 4.92. The molecule has 0 spiro atoms. The van der Waals surface area contributed by atoms with Crippen LogP contribution in [0.3, 0.4) is 0 Å². The first-order valence-corrected chi connectivity index (χ1v) is 6.79. The van der Waals surface area contributed by atoms with Gasteiger partial charge >= 0.3 is 0 Å². The molecule has 0 amide bonds. The van der Waals surface area contributed by atoms with Gasteiger partial charge in [-0.2, -0.15) is 0 Å². The molecule has 4 nitrogen and oxygen atoms in total. The van der Waals surface area contributed by atoms with Crippen LogP contribution in [-0.2, 0) is 0 Å². The van der Waals surface area contributed by atoms with E-state index < -0.39 is 6.10 Å². The fourth-order valence-corrected chi connectivity index (χ4v) is 2.05. The highest BCUT2D eigenvalue weighted by Gasteiger charge is 2.09. The lowest BCUT2D eigenvalue weighted by Gasteiger charge is -2.12. The minimum absolute atomic E-state index is 0.426. The Balaban J connectivity index is 2.29. The van der Waals surface area contributed by atoms with Gasteiger partial charge in [0.25, 0.3) is 0 Å². The van der Waals surface area contributed by atoms with Crippen molar-refractivity contribution in [3.05, 3.63) is 47.0 Å². The molecule has 5 heteroatoms. The van der Waals surface area contributed by atoms with Gasteiger partial charge in [-0.15, -0.1) is 0 Å². The highest BCUT2D eigenvalue weighted by Crippen LogP contribution is 2.35. The zero-order valence-corrected chi connectivity index (χ0v) is 12.8. The van der Waals surface area contributed by atoms with Crippen molar-refractivity contribution in [2.24, 2.45) is 0 Å². The van der Waals surface area contributed by atoms with Crippen LogP contribution >= 0.6 is 11.6 Å². The number of ether oxygens (including phenoxy) is 3. The van der Waals surface area contributed by atoms with Crippen LogP contribution in [0.4, 0.5) is 0 Å². The van der Waals surface area contributed by atoms with Crippen molar-refractivity contribution in [3.8, 4) is 23.0 Å². The number of methoxy groups -OCH3 is 2. The summed E-state index contributed by atoms with van der Waals surface area (Å²) in [5.41, 5.74) is 0.732. The first-order valence-electron chi connectivity index (χ1n) is 6.42. The fraction of sp³-hybridized carbons (Fsp3) is 0.250. The number of aliphatic hydroxyl groups is 1. The lowest BCUT2D eigenvalue weighted by atomic mass is 10.1. The number of halogens is 1. The SMILES string of the molecule is COc1cc(OC)cc(Oc2ccc([C@H](C)O)cc2Cl)c1. The fourth-order valence-electron chi connectivity index (χ4n) is 1.83. The molecule has 0 aliphatic rings. The molecule has 0 saturated carbocycles. The van der Waals surface area contributed by atoms with Crippen molar-refractivity contribution in [2.75, 3.05) is 14.2 Å². The molecule has 0 aromatic heterocycles. The van der Waals surface area contributed by atoms with Gasteiger partial charge in [-0.05, 0) is 24.6 Å². The molecule has 0 heterocycles. The van der Waals surface area contributed by atoms with Gasteiger partial charge in [0, 0.05) is 18.2 Å². The van der Waals surface area contributed by atoms with Crippen LogP contribution in [-0.4, -0.2) is 19.3 Å². The van der Waals surface area contributed by atoms with Crippen molar-refractivity contribution in [1.29, 1.82) is 0 Å². The average Bonchev–Trinajstić information content (AvgIpc) is 2.48. The second-order valence-electron chi connectivity index (χ2n) is 4.52. The van der Waals surface area contributed by atoms with Gasteiger partial charge < -0.3 is 19.3 Å². The van der Waals surface area contributed by atoms with E-state index in [1.54, 1.807) is 57.5 Å². The summed E-state index contributed by atoms with van der Waals surface area (Å²) < 4.78 is 16.1. The van der Waals surface area contributed by atoms with Gasteiger partial charge in [0.05, 0.1) is 25.3 Å². The van der Waals surface area contributed by atoms with Gasteiger partial charge in [-0.3, -0.25) is 0 Å². The minimum atomic E-state index is -0.575. The highest BCUT2D eigenvalue weighted by atomic mass is 35.5. The summed E-state index contributed by atoms with van der Waals surface area (Å²) in [5, 5.41) is 9.96. The Labute approximate surface area is 128 Å². The highest BCUT2D eigenvalue weighted by molar-refractivity contribution is 6.32. The third kappa shape index (κ3) is 3.80. The Morgan fingerprint density at radius 2 is 1.52 bits per heavy atom. The zero-order valence-electron chi connectivity index (χ0n) is 12.1.